The largest absolute Gasteiger partial charge is 0.454 e. The molecule has 0 unspecified atom stereocenters. The lowest BCUT2D eigenvalue weighted by atomic mass is 10.1. The summed E-state index contributed by atoms with van der Waals surface area (Å²) in [7, 11) is 0. The van der Waals surface area contributed by atoms with Gasteiger partial charge in [0.15, 0.2) is 11.5 Å². The van der Waals surface area contributed by atoms with Crippen LogP contribution in [0.5, 0.6) is 11.5 Å². The zero-order chi connectivity index (χ0) is 21.1. The molecule has 0 bridgehead atoms. The zero-order valence-corrected chi connectivity index (χ0v) is 18.5. The molecule has 4 rings (SSSR count). The van der Waals surface area contributed by atoms with Crippen molar-refractivity contribution in [1.29, 1.82) is 5.26 Å². The Bertz CT molecular complexity index is 1210. The monoisotopic (exact) mass is 507 g/mol. The predicted molar refractivity (Wildman–Crippen MR) is 126 cm³/mol. The number of halogens is 1. The van der Waals surface area contributed by atoms with Crippen LogP contribution in [0.4, 0.5) is 0 Å². The lowest BCUT2D eigenvalue weighted by molar-refractivity contribution is 0.174. The van der Waals surface area contributed by atoms with Gasteiger partial charge in [0.05, 0.1) is 28.7 Å². The topological polar surface area (TPSA) is 60.1 Å². The van der Waals surface area contributed by atoms with Crippen LogP contribution in [0.15, 0.2) is 76.9 Å². The van der Waals surface area contributed by atoms with Crippen molar-refractivity contribution in [3.63, 3.8) is 0 Å². The summed E-state index contributed by atoms with van der Waals surface area (Å²) in [5.74, 6) is 1.45. The highest BCUT2D eigenvalue weighted by atomic mass is 127. The van der Waals surface area contributed by atoms with Crippen LogP contribution < -0.4 is 9.47 Å². The third kappa shape index (κ3) is 3.89. The van der Waals surface area contributed by atoms with Gasteiger partial charge in [-0.3, -0.25) is 0 Å². The highest BCUT2D eigenvalue weighted by molar-refractivity contribution is 14.1. The van der Waals surface area contributed by atoms with E-state index in [1.54, 1.807) is 12.1 Å². The fourth-order valence-corrected chi connectivity index (χ4v) is 3.55. The van der Waals surface area contributed by atoms with Gasteiger partial charge in [-0.1, -0.05) is 30.9 Å². The average Bonchev–Trinajstić information content (AvgIpc) is 3.40. The van der Waals surface area contributed by atoms with Gasteiger partial charge in [-0.2, -0.15) is 10.4 Å². The SMILES string of the molecule is C=C(I)/C(=C\C=C/C)n1nc(-c2ccc(C#N)cc2)cc1-c1ccc2c(c1)OCO2. The summed E-state index contributed by atoms with van der Waals surface area (Å²) < 4.78 is 13.8. The van der Waals surface area contributed by atoms with Gasteiger partial charge in [0.2, 0.25) is 6.79 Å². The van der Waals surface area contributed by atoms with Gasteiger partial charge in [0, 0.05) is 14.7 Å². The standard InChI is InChI=1S/C24H18IN3O2/c1-3-4-5-21(16(2)25)28-22(19-10-11-23-24(12-19)30-15-29-23)13-20(27-28)18-8-6-17(14-26)7-9-18/h3-13H,2,15H2,1H3/b4-3-,21-5+. The summed E-state index contributed by atoms with van der Waals surface area (Å²) in [6.07, 6.45) is 5.91. The maximum absolute atomic E-state index is 9.07. The van der Waals surface area contributed by atoms with E-state index in [0.717, 1.165) is 37.5 Å². The first-order valence-electron chi connectivity index (χ1n) is 9.29. The highest BCUT2D eigenvalue weighted by Gasteiger charge is 2.19. The van der Waals surface area contributed by atoms with Crippen molar-refractivity contribution in [3.8, 4) is 40.1 Å². The van der Waals surface area contributed by atoms with Gasteiger partial charge in [-0.25, -0.2) is 4.68 Å². The molecule has 1 aliphatic heterocycles. The van der Waals surface area contributed by atoms with Crippen LogP contribution in [0, 0.1) is 11.3 Å². The molecular formula is C24H18IN3O2. The number of allylic oxidation sites excluding steroid dienone is 5. The van der Waals surface area contributed by atoms with E-state index in [4.69, 9.17) is 19.8 Å². The smallest absolute Gasteiger partial charge is 0.231 e. The number of rotatable bonds is 5. The molecule has 30 heavy (non-hydrogen) atoms. The number of nitriles is 1. The van der Waals surface area contributed by atoms with E-state index in [2.05, 4.69) is 35.2 Å². The quantitative estimate of drug-likeness (QED) is 0.306. The normalized spacial score (nSPS) is 12.9. The Morgan fingerprint density at radius 2 is 1.87 bits per heavy atom. The Hall–Kier alpha value is -3.31. The lowest BCUT2D eigenvalue weighted by Gasteiger charge is -2.11. The fourth-order valence-electron chi connectivity index (χ4n) is 3.15. The molecule has 0 N–H and O–H groups in total. The highest BCUT2D eigenvalue weighted by Crippen LogP contribution is 2.38. The van der Waals surface area contributed by atoms with E-state index in [0.29, 0.717) is 11.3 Å². The molecule has 0 aliphatic carbocycles. The second-order valence-electron chi connectivity index (χ2n) is 6.57. The van der Waals surface area contributed by atoms with Crippen molar-refractivity contribution in [1.82, 2.24) is 9.78 Å². The number of hydrogen-bond acceptors (Lipinski definition) is 4. The minimum Gasteiger partial charge on any atom is -0.454 e. The molecule has 0 atom stereocenters. The van der Waals surface area contributed by atoms with Gasteiger partial charge < -0.3 is 9.47 Å². The zero-order valence-electron chi connectivity index (χ0n) is 16.3. The van der Waals surface area contributed by atoms with Gasteiger partial charge in [0.25, 0.3) is 0 Å². The lowest BCUT2D eigenvalue weighted by Crippen LogP contribution is -2.02. The summed E-state index contributed by atoms with van der Waals surface area (Å²) in [4.78, 5) is 0. The Morgan fingerprint density at radius 3 is 2.57 bits per heavy atom. The minimum atomic E-state index is 0.228. The minimum absolute atomic E-state index is 0.228. The molecule has 6 heteroatoms. The molecule has 148 valence electrons. The van der Waals surface area contributed by atoms with Crippen LogP contribution in [0.2, 0.25) is 0 Å². The van der Waals surface area contributed by atoms with Crippen LogP contribution in [0.1, 0.15) is 12.5 Å². The average molecular weight is 507 g/mol. The maximum atomic E-state index is 9.07. The number of hydrogen-bond donors (Lipinski definition) is 0. The summed E-state index contributed by atoms with van der Waals surface area (Å²) in [5, 5.41) is 13.9. The Kier molecular flexibility index (Phi) is 5.72. The molecule has 0 fully saturated rings. The summed E-state index contributed by atoms with van der Waals surface area (Å²) in [6.45, 7) is 6.32. The van der Waals surface area contributed by atoms with E-state index in [1.807, 2.05) is 66.2 Å². The predicted octanol–water partition coefficient (Wildman–Crippen LogP) is 6.18. The number of benzene rings is 2. The molecule has 1 aromatic heterocycles. The van der Waals surface area contributed by atoms with E-state index < -0.39 is 0 Å². The van der Waals surface area contributed by atoms with Crippen molar-refractivity contribution < 1.29 is 9.47 Å². The molecule has 0 amide bonds. The Balaban J connectivity index is 1.89. The molecule has 0 saturated carbocycles. The van der Waals surface area contributed by atoms with Crippen molar-refractivity contribution >= 4 is 28.3 Å². The van der Waals surface area contributed by atoms with Gasteiger partial charge in [0.1, 0.15) is 0 Å². The number of aromatic nitrogens is 2. The molecular weight excluding hydrogens is 489 g/mol. The van der Waals surface area contributed by atoms with Crippen LogP contribution in [-0.2, 0) is 0 Å². The van der Waals surface area contributed by atoms with E-state index in [-0.39, 0.29) is 6.79 Å². The van der Waals surface area contributed by atoms with Crippen molar-refractivity contribution in [2.75, 3.05) is 6.79 Å². The first kappa shape index (κ1) is 20.0. The number of ether oxygens (including phenoxy) is 2. The van der Waals surface area contributed by atoms with Gasteiger partial charge in [-0.05, 0) is 72.0 Å². The third-order valence-corrected chi connectivity index (χ3v) is 5.19. The summed E-state index contributed by atoms with van der Waals surface area (Å²) in [5.41, 5.74) is 5.08. The van der Waals surface area contributed by atoms with Crippen molar-refractivity contribution in [2.24, 2.45) is 0 Å². The van der Waals surface area contributed by atoms with Crippen LogP contribution in [0.3, 0.4) is 0 Å². The van der Waals surface area contributed by atoms with Crippen LogP contribution >= 0.6 is 22.6 Å². The Labute approximate surface area is 188 Å². The van der Waals surface area contributed by atoms with Crippen molar-refractivity contribution in [2.45, 2.75) is 6.92 Å². The molecule has 0 radical (unpaired) electrons. The van der Waals surface area contributed by atoms with Crippen molar-refractivity contribution in [3.05, 3.63) is 82.5 Å². The van der Waals surface area contributed by atoms with Crippen LogP contribution in [-0.4, -0.2) is 16.6 Å². The van der Waals surface area contributed by atoms with E-state index in [9.17, 15) is 0 Å². The molecule has 2 heterocycles. The number of nitrogens with zero attached hydrogens (tertiary/aromatic N) is 3. The number of fused-ring (bicyclic) bond motifs is 1. The van der Waals surface area contributed by atoms with E-state index >= 15 is 0 Å². The Morgan fingerprint density at radius 1 is 1.13 bits per heavy atom. The maximum Gasteiger partial charge on any atom is 0.231 e. The molecule has 2 aromatic carbocycles. The molecule has 0 spiro atoms. The summed E-state index contributed by atoms with van der Waals surface area (Å²) in [6, 6.07) is 17.4. The second-order valence-corrected chi connectivity index (χ2v) is 7.87. The third-order valence-electron chi connectivity index (χ3n) is 4.64. The molecule has 3 aromatic rings. The molecule has 0 saturated heterocycles. The van der Waals surface area contributed by atoms with Crippen LogP contribution in [0.25, 0.3) is 28.2 Å². The summed E-state index contributed by atoms with van der Waals surface area (Å²) >= 11 is 2.21. The van der Waals surface area contributed by atoms with E-state index in [1.165, 1.54) is 0 Å². The van der Waals surface area contributed by atoms with Gasteiger partial charge >= 0.3 is 0 Å². The fraction of sp³-hybridized carbons (Fsp3) is 0.0833. The first-order chi connectivity index (χ1) is 14.6. The second kappa shape index (κ2) is 8.59. The first-order valence-corrected chi connectivity index (χ1v) is 10.4. The van der Waals surface area contributed by atoms with Gasteiger partial charge in [-0.15, -0.1) is 0 Å². The molecule has 5 nitrogen and oxygen atoms in total. The molecule has 1 aliphatic rings.